The third-order valence-electron chi connectivity index (χ3n) is 1.50. The van der Waals surface area contributed by atoms with E-state index in [2.05, 4.69) is 11.6 Å². The minimum atomic E-state index is 0.890. The fourth-order valence-corrected chi connectivity index (χ4v) is 0.879. The van der Waals surface area contributed by atoms with Crippen LogP contribution in [0, 0.1) is 0 Å². The molecular formula is C12H13N. The van der Waals surface area contributed by atoms with Gasteiger partial charge in [0, 0.05) is 6.21 Å². The monoisotopic (exact) mass is 171 g/mol. The largest absolute Gasteiger partial charge is 0.257 e. The van der Waals surface area contributed by atoms with Crippen LogP contribution in [0.2, 0.25) is 0 Å². The number of nitrogens with zero attached hydrogens (tertiary/aromatic N) is 1. The molecule has 0 unspecified atom stereocenters. The zero-order valence-corrected chi connectivity index (χ0v) is 7.56. The summed E-state index contributed by atoms with van der Waals surface area (Å²) < 4.78 is 0. The average molecular weight is 171 g/mol. The van der Waals surface area contributed by atoms with E-state index in [1.54, 1.807) is 6.21 Å². The fraction of sp³-hybridized carbons (Fsp3) is 0.0833. The molecule has 0 aliphatic carbocycles. The van der Waals surface area contributed by atoms with E-state index in [0.717, 1.165) is 12.1 Å². The Labute approximate surface area is 79.1 Å². The van der Waals surface area contributed by atoms with Gasteiger partial charge in [-0.05, 0) is 24.6 Å². The Morgan fingerprint density at radius 1 is 1.23 bits per heavy atom. The van der Waals surface area contributed by atoms with E-state index in [-0.39, 0.29) is 0 Å². The lowest BCUT2D eigenvalue weighted by atomic mass is 10.3. The number of rotatable bonds is 4. The number of para-hydroxylation sites is 1. The quantitative estimate of drug-likeness (QED) is 0.485. The van der Waals surface area contributed by atoms with Crippen molar-refractivity contribution < 1.29 is 0 Å². The van der Waals surface area contributed by atoms with Crippen LogP contribution in [-0.4, -0.2) is 6.21 Å². The summed E-state index contributed by atoms with van der Waals surface area (Å²) in [4.78, 5) is 4.23. The molecule has 0 amide bonds. The first-order chi connectivity index (χ1) is 6.43. The number of hydrogen-bond acceptors (Lipinski definition) is 1. The first-order valence-corrected chi connectivity index (χ1v) is 4.28. The molecule has 0 saturated carbocycles. The van der Waals surface area contributed by atoms with Crippen molar-refractivity contribution in [3.8, 4) is 0 Å². The van der Waals surface area contributed by atoms with Gasteiger partial charge in [0.1, 0.15) is 0 Å². The lowest BCUT2D eigenvalue weighted by molar-refractivity contribution is 1.41. The molecule has 66 valence electrons. The van der Waals surface area contributed by atoms with E-state index >= 15 is 0 Å². The third kappa shape index (κ3) is 4.06. The van der Waals surface area contributed by atoms with Crippen molar-refractivity contribution in [1.82, 2.24) is 0 Å². The molecule has 0 aromatic heterocycles. The van der Waals surface area contributed by atoms with Gasteiger partial charge in [-0.3, -0.25) is 4.99 Å². The van der Waals surface area contributed by atoms with Gasteiger partial charge in [0.15, 0.2) is 0 Å². The van der Waals surface area contributed by atoms with Gasteiger partial charge in [-0.15, -0.1) is 6.58 Å². The summed E-state index contributed by atoms with van der Waals surface area (Å²) in [6, 6.07) is 9.86. The molecule has 0 bridgehead atoms. The molecule has 1 rings (SSSR count). The van der Waals surface area contributed by atoms with Crippen LogP contribution in [0.3, 0.4) is 0 Å². The minimum Gasteiger partial charge on any atom is -0.257 e. The van der Waals surface area contributed by atoms with Crippen LogP contribution in [0.15, 0.2) is 60.1 Å². The molecule has 13 heavy (non-hydrogen) atoms. The molecule has 0 atom stereocenters. The van der Waals surface area contributed by atoms with Gasteiger partial charge in [-0.2, -0.15) is 0 Å². The van der Waals surface area contributed by atoms with Crippen LogP contribution >= 0.6 is 0 Å². The molecule has 0 saturated heterocycles. The Morgan fingerprint density at radius 3 is 2.69 bits per heavy atom. The zero-order chi connectivity index (χ0) is 9.36. The molecular weight excluding hydrogens is 158 g/mol. The van der Waals surface area contributed by atoms with Crippen molar-refractivity contribution in [2.75, 3.05) is 0 Å². The Bertz CT molecular complexity index is 296. The number of benzene rings is 1. The van der Waals surface area contributed by atoms with Crippen molar-refractivity contribution in [2.24, 2.45) is 4.99 Å². The Balaban J connectivity index is 2.45. The lowest BCUT2D eigenvalue weighted by Gasteiger charge is -1.87. The highest BCUT2D eigenvalue weighted by Gasteiger charge is 1.79. The normalized spacial score (nSPS) is 11.1. The Hall–Kier alpha value is -1.63. The predicted molar refractivity (Wildman–Crippen MR) is 58.5 cm³/mol. The molecule has 0 fully saturated rings. The molecule has 0 heterocycles. The van der Waals surface area contributed by atoms with Crippen molar-refractivity contribution in [3.05, 3.63) is 55.1 Å². The van der Waals surface area contributed by atoms with E-state index in [0.29, 0.717) is 0 Å². The molecule has 0 N–H and O–H groups in total. The highest BCUT2D eigenvalue weighted by Crippen LogP contribution is 2.08. The van der Waals surface area contributed by atoms with Gasteiger partial charge in [-0.1, -0.05) is 30.4 Å². The van der Waals surface area contributed by atoms with Gasteiger partial charge < -0.3 is 0 Å². The summed E-state index contributed by atoms with van der Waals surface area (Å²) in [5.41, 5.74) is 0.978. The maximum absolute atomic E-state index is 4.23. The summed E-state index contributed by atoms with van der Waals surface area (Å²) in [5.74, 6) is 0. The number of allylic oxidation sites excluding steroid dienone is 3. The molecule has 0 radical (unpaired) electrons. The van der Waals surface area contributed by atoms with Crippen molar-refractivity contribution in [1.29, 1.82) is 0 Å². The van der Waals surface area contributed by atoms with E-state index in [1.807, 2.05) is 48.6 Å². The van der Waals surface area contributed by atoms with Crippen LogP contribution < -0.4 is 0 Å². The predicted octanol–water partition coefficient (Wildman–Crippen LogP) is 3.52. The van der Waals surface area contributed by atoms with Gasteiger partial charge in [0.2, 0.25) is 0 Å². The first kappa shape index (κ1) is 9.46. The standard InChI is InChI=1S/C12H13N/c1-2-3-4-8-11-13-12-9-6-5-7-10-12/h2,4-11H,1,3H2/b8-4+,13-11?. The van der Waals surface area contributed by atoms with Crippen LogP contribution in [0.1, 0.15) is 6.42 Å². The SMILES string of the molecule is C=CC/C=C/C=Nc1ccccc1. The van der Waals surface area contributed by atoms with Crippen LogP contribution in [-0.2, 0) is 0 Å². The summed E-state index contributed by atoms with van der Waals surface area (Å²) in [5, 5.41) is 0. The zero-order valence-electron chi connectivity index (χ0n) is 7.56. The second-order valence-electron chi connectivity index (χ2n) is 2.57. The Kier molecular flexibility index (Phi) is 4.33. The van der Waals surface area contributed by atoms with E-state index in [9.17, 15) is 0 Å². The highest BCUT2D eigenvalue weighted by atomic mass is 14.7. The second kappa shape index (κ2) is 5.95. The molecule has 1 aromatic rings. The molecule has 0 spiro atoms. The molecule has 1 aromatic carbocycles. The lowest BCUT2D eigenvalue weighted by Crippen LogP contribution is -1.65. The van der Waals surface area contributed by atoms with Crippen molar-refractivity contribution in [2.45, 2.75) is 6.42 Å². The van der Waals surface area contributed by atoms with Crippen molar-refractivity contribution in [3.63, 3.8) is 0 Å². The van der Waals surface area contributed by atoms with Crippen molar-refractivity contribution >= 4 is 11.9 Å². The van der Waals surface area contributed by atoms with Crippen LogP contribution in [0.5, 0.6) is 0 Å². The summed E-state index contributed by atoms with van der Waals surface area (Å²) in [6.07, 6.45) is 8.47. The maximum atomic E-state index is 4.23. The van der Waals surface area contributed by atoms with E-state index in [1.165, 1.54) is 0 Å². The smallest absolute Gasteiger partial charge is 0.0629 e. The molecule has 1 heteroatoms. The third-order valence-corrected chi connectivity index (χ3v) is 1.50. The Morgan fingerprint density at radius 2 is 2.00 bits per heavy atom. The molecule has 1 nitrogen and oxygen atoms in total. The van der Waals surface area contributed by atoms with E-state index in [4.69, 9.17) is 0 Å². The fourth-order valence-electron chi connectivity index (χ4n) is 0.879. The van der Waals surface area contributed by atoms with Gasteiger partial charge in [0.25, 0.3) is 0 Å². The summed E-state index contributed by atoms with van der Waals surface area (Å²) >= 11 is 0. The summed E-state index contributed by atoms with van der Waals surface area (Å²) in [7, 11) is 0. The second-order valence-corrected chi connectivity index (χ2v) is 2.57. The number of aliphatic imine (C=N–C) groups is 1. The van der Waals surface area contributed by atoms with Gasteiger partial charge >= 0.3 is 0 Å². The van der Waals surface area contributed by atoms with Gasteiger partial charge in [-0.25, -0.2) is 0 Å². The van der Waals surface area contributed by atoms with Crippen LogP contribution in [0.4, 0.5) is 5.69 Å². The average Bonchev–Trinajstić information content (AvgIpc) is 2.19. The molecule has 0 aliphatic rings. The minimum absolute atomic E-state index is 0.890. The maximum Gasteiger partial charge on any atom is 0.0629 e. The highest BCUT2D eigenvalue weighted by molar-refractivity contribution is 5.74. The summed E-state index contributed by atoms with van der Waals surface area (Å²) in [6.45, 7) is 3.62. The van der Waals surface area contributed by atoms with Gasteiger partial charge in [0.05, 0.1) is 5.69 Å². The topological polar surface area (TPSA) is 12.4 Å². The van der Waals surface area contributed by atoms with Crippen LogP contribution in [0.25, 0.3) is 0 Å². The number of hydrogen-bond donors (Lipinski definition) is 0. The molecule has 0 aliphatic heterocycles. The first-order valence-electron chi connectivity index (χ1n) is 4.28. The van der Waals surface area contributed by atoms with E-state index < -0.39 is 0 Å².